The first-order valence-corrected chi connectivity index (χ1v) is 6.80. The predicted octanol–water partition coefficient (Wildman–Crippen LogP) is 4.82. The SMILES string of the molecule is CC(=O)c1ccc(C#N)cc1Oc1c(C)cc(Cl)cc1C. The number of ketones is 1. The Hall–Kier alpha value is -2.31. The third-order valence-electron chi connectivity index (χ3n) is 3.13. The highest BCUT2D eigenvalue weighted by Crippen LogP contribution is 2.33. The van der Waals surface area contributed by atoms with E-state index < -0.39 is 0 Å². The number of nitriles is 1. The standard InChI is InChI=1S/C17H14ClNO2/c1-10-6-14(18)7-11(2)17(10)21-16-8-13(9-19)4-5-15(16)12(3)20/h4-8H,1-3H3. The van der Waals surface area contributed by atoms with Gasteiger partial charge < -0.3 is 4.74 Å². The average Bonchev–Trinajstić information content (AvgIpc) is 2.42. The molecule has 106 valence electrons. The van der Waals surface area contributed by atoms with E-state index in [0.29, 0.717) is 27.6 Å². The normalized spacial score (nSPS) is 10.0. The number of halogens is 1. The molecule has 2 rings (SSSR count). The summed E-state index contributed by atoms with van der Waals surface area (Å²) in [6, 6.07) is 10.4. The van der Waals surface area contributed by atoms with Crippen molar-refractivity contribution in [2.45, 2.75) is 20.8 Å². The fourth-order valence-corrected chi connectivity index (χ4v) is 2.46. The third-order valence-corrected chi connectivity index (χ3v) is 3.35. The number of aryl methyl sites for hydroxylation is 2. The molecule has 0 atom stereocenters. The second kappa shape index (κ2) is 5.99. The van der Waals surface area contributed by atoms with E-state index in [4.69, 9.17) is 21.6 Å². The lowest BCUT2D eigenvalue weighted by molar-refractivity contribution is 0.101. The van der Waals surface area contributed by atoms with Gasteiger partial charge in [-0.05, 0) is 62.2 Å². The monoisotopic (exact) mass is 299 g/mol. The summed E-state index contributed by atoms with van der Waals surface area (Å²) < 4.78 is 5.90. The lowest BCUT2D eigenvalue weighted by Crippen LogP contribution is -1.99. The molecule has 0 fully saturated rings. The highest BCUT2D eigenvalue weighted by atomic mass is 35.5. The molecule has 0 radical (unpaired) electrons. The Bertz CT molecular complexity index is 737. The zero-order valence-corrected chi connectivity index (χ0v) is 12.8. The van der Waals surface area contributed by atoms with Crippen LogP contribution in [0.5, 0.6) is 11.5 Å². The predicted molar refractivity (Wildman–Crippen MR) is 82.2 cm³/mol. The lowest BCUT2D eigenvalue weighted by atomic mass is 10.1. The van der Waals surface area contributed by atoms with Crippen molar-refractivity contribution >= 4 is 17.4 Å². The first-order valence-electron chi connectivity index (χ1n) is 6.42. The molecule has 3 nitrogen and oxygen atoms in total. The Morgan fingerprint density at radius 3 is 2.33 bits per heavy atom. The Kier molecular flexibility index (Phi) is 4.30. The molecule has 0 bridgehead atoms. The second-order valence-corrected chi connectivity index (χ2v) is 5.29. The molecule has 0 saturated carbocycles. The van der Waals surface area contributed by atoms with Crippen LogP contribution in [0.2, 0.25) is 5.02 Å². The minimum absolute atomic E-state index is 0.112. The Labute approximate surface area is 128 Å². The number of Topliss-reactive ketones (excluding diaryl/α,β-unsaturated/α-hetero) is 1. The molecular formula is C17H14ClNO2. The van der Waals surface area contributed by atoms with E-state index in [9.17, 15) is 4.79 Å². The van der Waals surface area contributed by atoms with Crippen molar-refractivity contribution in [3.63, 3.8) is 0 Å². The van der Waals surface area contributed by atoms with Crippen molar-refractivity contribution < 1.29 is 9.53 Å². The zero-order valence-electron chi connectivity index (χ0n) is 12.0. The minimum Gasteiger partial charge on any atom is -0.456 e. The van der Waals surface area contributed by atoms with E-state index in [1.807, 2.05) is 19.9 Å². The van der Waals surface area contributed by atoms with Crippen LogP contribution < -0.4 is 4.74 Å². The molecule has 2 aromatic rings. The van der Waals surface area contributed by atoms with Crippen LogP contribution in [0.15, 0.2) is 30.3 Å². The topological polar surface area (TPSA) is 50.1 Å². The summed E-state index contributed by atoms with van der Waals surface area (Å²) in [6.07, 6.45) is 0. The zero-order chi connectivity index (χ0) is 15.6. The molecule has 0 heterocycles. The van der Waals surface area contributed by atoms with Crippen LogP contribution in [-0.4, -0.2) is 5.78 Å². The van der Waals surface area contributed by atoms with Gasteiger partial charge in [-0.25, -0.2) is 0 Å². The van der Waals surface area contributed by atoms with E-state index in [-0.39, 0.29) is 5.78 Å². The van der Waals surface area contributed by atoms with Gasteiger partial charge in [-0.3, -0.25) is 4.79 Å². The molecule has 4 heteroatoms. The number of carbonyl (C=O) groups is 1. The van der Waals surface area contributed by atoms with E-state index in [1.165, 1.54) is 6.92 Å². The Morgan fingerprint density at radius 1 is 1.19 bits per heavy atom. The summed E-state index contributed by atoms with van der Waals surface area (Å²) in [4.78, 5) is 11.7. The molecule has 0 aliphatic rings. The summed E-state index contributed by atoms with van der Waals surface area (Å²) in [7, 11) is 0. The number of ether oxygens (including phenoxy) is 1. The number of hydrogen-bond donors (Lipinski definition) is 0. The second-order valence-electron chi connectivity index (χ2n) is 4.85. The van der Waals surface area contributed by atoms with Crippen molar-refractivity contribution in [3.05, 3.63) is 57.6 Å². The van der Waals surface area contributed by atoms with E-state index in [0.717, 1.165) is 11.1 Å². The van der Waals surface area contributed by atoms with Crippen LogP contribution in [0.1, 0.15) is 34.0 Å². The molecule has 0 spiro atoms. The molecule has 21 heavy (non-hydrogen) atoms. The summed E-state index contributed by atoms with van der Waals surface area (Å²) in [5.74, 6) is 0.922. The maximum atomic E-state index is 11.7. The molecule has 0 unspecified atom stereocenters. The minimum atomic E-state index is -0.112. The number of nitrogens with zero attached hydrogens (tertiary/aromatic N) is 1. The van der Waals surface area contributed by atoms with E-state index >= 15 is 0 Å². The lowest BCUT2D eigenvalue weighted by Gasteiger charge is -2.14. The Balaban J connectivity index is 2.53. The van der Waals surface area contributed by atoms with Gasteiger partial charge in [0.05, 0.1) is 17.2 Å². The fraction of sp³-hybridized carbons (Fsp3) is 0.176. The van der Waals surface area contributed by atoms with Crippen LogP contribution in [0.25, 0.3) is 0 Å². The molecular weight excluding hydrogens is 286 g/mol. The molecule has 0 saturated heterocycles. The van der Waals surface area contributed by atoms with Crippen molar-refractivity contribution in [3.8, 4) is 17.6 Å². The van der Waals surface area contributed by atoms with Gasteiger partial charge in [0.15, 0.2) is 5.78 Å². The maximum Gasteiger partial charge on any atom is 0.163 e. The maximum absolute atomic E-state index is 11.7. The Morgan fingerprint density at radius 2 is 1.81 bits per heavy atom. The van der Waals surface area contributed by atoms with Gasteiger partial charge in [-0.15, -0.1) is 0 Å². The number of carbonyl (C=O) groups excluding carboxylic acids is 1. The molecule has 0 aromatic heterocycles. The van der Waals surface area contributed by atoms with E-state index in [2.05, 4.69) is 0 Å². The van der Waals surface area contributed by atoms with Gasteiger partial charge in [-0.2, -0.15) is 5.26 Å². The molecule has 0 N–H and O–H groups in total. The number of benzene rings is 2. The van der Waals surface area contributed by atoms with Crippen LogP contribution in [0, 0.1) is 25.2 Å². The van der Waals surface area contributed by atoms with Crippen LogP contribution in [-0.2, 0) is 0 Å². The van der Waals surface area contributed by atoms with E-state index in [1.54, 1.807) is 30.3 Å². The third kappa shape index (κ3) is 3.24. The summed E-state index contributed by atoms with van der Waals surface area (Å²) in [5, 5.41) is 9.63. The average molecular weight is 300 g/mol. The van der Waals surface area contributed by atoms with Gasteiger partial charge in [0, 0.05) is 5.02 Å². The van der Waals surface area contributed by atoms with Crippen molar-refractivity contribution in [1.82, 2.24) is 0 Å². The quantitative estimate of drug-likeness (QED) is 0.763. The highest BCUT2D eigenvalue weighted by Gasteiger charge is 2.13. The van der Waals surface area contributed by atoms with Crippen LogP contribution >= 0.6 is 11.6 Å². The summed E-state index contributed by atoms with van der Waals surface area (Å²) in [6.45, 7) is 5.24. The number of hydrogen-bond acceptors (Lipinski definition) is 3. The van der Waals surface area contributed by atoms with Gasteiger partial charge >= 0.3 is 0 Å². The van der Waals surface area contributed by atoms with Crippen molar-refractivity contribution in [2.75, 3.05) is 0 Å². The molecule has 0 amide bonds. The fourth-order valence-electron chi connectivity index (χ4n) is 2.14. The number of rotatable bonds is 3. The first-order chi connectivity index (χ1) is 9.92. The van der Waals surface area contributed by atoms with Gasteiger partial charge in [0.2, 0.25) is 0 Å². The summed E-state index contributed by atoms with van der Waals surface area (Å²) >= 11 is 6.00. The van der Waals surface area contributed by atoms with Crippen molar-refractivity contribution in [2.24, 2.45) is 0 Å². The largest absolute Gasteiger partial charge is 0.456 e. The smallest absolute Gasteiger partial charge is 0.163 e. The molecule has 0 aliphatic carbocycles. The molecule has 0 aliphatic heterocycles. The van der Waals surface area contributed by atoms with Gasteiger partial charge in [-0.1, -0.05) is 11.6 Å². The van der Waals surface area contributed by atoms with Crippen LogP contribution in [0.4, 0.5) is 0 Å². The van der Waals surface area contributed by atoms with Gasteiger partial charge in [0.1, 0.15) is 11.5 Å². The van der Waals surface area contributed by atoms with Crippen molar-refractivity contribution in [1.29, 1.82) is 5.26 Å². The summed E-state index contributed by atoms with van der Waals surface area (Å²) in [5.41, 5.74) is 2.63. The molecule has 2 aromatic carbocycles. The van der Waals surface area contributed by atoms with Crippen LogP contribution in [0.3, 0.4) is 0 Å². The van der Waals surface area contributed by atoms with Gasteiger partial charge in [0.25, 0.3) is 0 Å². The highest BCUT2D eigenvalue weighted by molar-refractivity contribution is 6.30. The first kappa shape index (κ1) is 15.1.